The zero-order valence-electron chi connectivity index (χ0n) is 12.8. The maximum Gasteiger partial charge on any atom is 0.490 e. The monoisotopic (exact) mass is 340 g/mol. The molecule has 3 rings (SSSR count). The molecule has 6 nitrogen and oxygen atoms in total. The van der Waals surface area contributed by atoms with E-state index in [0.717, 1.165) is 45.7 Å². The lowest BCUT2D eigenvalue weighted by molar-refractivity contribution is -0.192. The van der Waals surface area contributed by atoms with E-state index in [4.69, 9.17) is 14.6 Å². The first-order chi connectivity index (χ1) is 10.7. The number of β-amino-alcohol motifs (C(OH)–C–C–N with tert-alkyl or cyclic N) is 1. The first-order valence-electron chi connectivity index (χ1n) is 7.77. The van der Waals surface area contributed by atoms with Gasteiger partial charge in [0.05, 0.1) is 18.8 Å². The largest absolute Gasteiger partial charge is 0.490 e. The maximum atomic E-state index is 10.7. The summed E-state index contributed by atoms with van der Waals surface area (Å²) < 4.78 is 37.1. The number of carboxylic acid groups (broad SMARTS) is 1. The van der Waals surface area contributed by atoms with Crippen LogP contribution in [0, 0.1) is 0 Å². The number of hydrogen-bond donors (Lipinski definition) is 3. The quantitative estimate of drug-likeness (QED) is 0.683. The number of rotatable bonds is 2. The van der Waals surface area contributed by atoms with Crippen molar-refractivity contribution in [3.8, 4) is 0 Å². The number of nitrogens with zero attached hydrogens (tertiary/aromatic N) is 1. The fraction of sp³-hybridized carbons (Fsp3) is 0.929. The topological polar surface area (TPSA) is 82.0 Å². The molecule has 0 aromatic heterocycles. The fourth-order valence-corrected chi connectivity index (χ4v) is 3.53. The van der Waals surface area contributed by atoms with E-state index < -0.39 is 17.7 Å². The van der Waals surface area contributed by atoms with Gasteiger partial charge in [-0.15, -0.1) is 0 Å². The minimum atomic E-state index is -5.08. The van der Waals surface area contributed by atoms with Crippen molar-refractivity contribution < 1.29 is 32.9 Å². The highest BCUT2D eigenvalue weighted by molar-refractivity contribution is 5.73. The smallest absolute Gasteiger partial charge is 0.475 e. The van der Waals surface area contributed by atoms with Gasteiger partial charge in [0, 0.05) is 31.7 Å². The third-order valence-corrected chi connectivity index (χ3v) is 4.45. The van der Waals surface area contributed by atoms with Gasteiger partial charge in [-0.25, -0.2) is 4.79 Å². The zero-order valence-corrected chi connectivity index (χ0v) is 12.8. The van der Waals surface area contributed by atoms with Gasteiger partial charge in [-0.1, -0.05) is 0 Å². The molecular formula is C14H23F3N2O4. The molecule has 0 aromatic carbocycles. The number of hydrogen-bond acceptors (Lipinski definition) is 5. The Morgan fingerprint density at radius 2 is 1.70 bits per heavy atom. The van der Waals surface area contributed by atoms with Crippen molar-refractivity contribution >= 4 is 5.97 Å². The highest BCUT2D eigenvalue weighted by Crippen LogP contribution is 2.34. The SMILES string of the molecule is O=C(O)C(F)(F)F.OC1(CN2CCOCC2)C[C@H]2CC[C@@H](C1)N2. The second-order valence-electron chi connectivity index (χ2n) is 6.46. The summed E-state index contributed by atoms with van der Waals surface area (Å²) >= 11 is 0. The summed E-state index contributed by atoms with van der Waals surface area (Å²) in [6.07, 6.45) is -0.728. The van der Waals surface area contributed by atoms with Gasteiger partial charge in [-0.3, -0.25) is 4.90 Å². The standard InChI is InChI=1S/C12H22N2O2.C2HF3O2/c15-12(9-14-3-5-16-6-4-14)7-10-1-2-11(8-12)13-10;3-2(4,5)1(6)7/h10-11,13,15H,1-9H2;(H,6,7)/t10-,11+,12?;. The van der Waals surface area contributed by atoms with Crippen LogP contribution >= 0.6 is 0 Å². The molecule has 1 unspecified atom stereocenters. The van der Waals surface area contributed by atoms with Crippen LogP contribution in [-0.2, 0) is 9.53 Å². The molecule has 3 N–H and O–H groups in total. The van der Waals surface area contributed by atoms with Crippen LogP contribution in [0.3, 0.4) is 0 Å². The van der Waals surface area contributed by atoms with E-state index in [2.05, 4.69) is 10.2 Å². The highest BCUT2D eigenvalue weighted by Gasteiger charge is 2.43. The molecule has 3 saturated heterocycles. The second-order valence-corrected chi connectivity index (χ2v) is 6.46. The molecule has 0 spiro atoms. The predicted octanol–water partition coefficient (Wildman–Crippen LogP) is 0.597. The molecule has 3 fully saturated rings. The first-order valence-corrected chi connectivity index (χ1v) is 7.77. The van der Waals surface area contributed by atoms with Crippen molar-refractivity contribution in [1.29, 1.82) is 0 Å². The van der Waals surface area contributed by atoms with E-state index in [1.54, 1.807) is 0 Å². The second kappa shape index (κ2) is 7.33. The maximum absolute atomic E-state index is 10.7. The Labute approximate surface area is 132 Å². The Morgan fingerprint density at radius 1 is 1.22 bits per heavy atom. The van der Waals surface area contributed by atoms with Crippen molar-refractivity contribution in [2.75, 3.05) is 32.8 Å². The van der Waals surface area contributed by atoms with Gasteiger partial charge in [0.2, 0.25) is 0 Å². The van der Waals surface area contributed by atoms with Gasteiger partial charge in [0.15, 0.2) is 0 Å². The van der Waals surface area contributed by atoms with Crippen molar-refractivity contribution in [3.63, 3.8) is 0 Å². The summed E-state index contributed by atoms with van der Waals surface area (Å²) in [7, 11) is 0. The molecule has 2 bridgehead atoms. The molecule has 0 aliphatic carbocycles. The molecule has 3 heterocycles. The van der Waals surface area contributed by atoms with Gasteiger partial charge in [0.25, 0.3) is 0 Å². The van der Waals surface area contributed by atoms with E-state index in [1.165, 1.54) is 12.8 Å². The number of nitrogens with one attached hydrogen (secondary N) is 1. The average molecular weight is 340 g/mol. The number of ether oxygens (including phenoxy) is 1. The number of fused-ring (bicyclic) bond motifs is 2. The van der Waals surface area contributed by atoms with Crippen molar-refractivity contribution in [1.82, 2.24) is 10.2 Å². The third kappa shape index (κ3) is 5.59. The van der Waals surface area contributed by atoms with E-state index in [9.17, 15) is 18.3 Å². The molecular weight excluding hydrogens is 317 g/mol. The van der Waals surface area contributed by atoms with Crippen molar-refractivity contribution in [3.05, 3.63) is 0 Å². The molecule has 9 heteroatoms. The lowest BCUT2D eigenvalue weighted by atomic mass is 9.87. The fourth-order valence-electron chi connectivity index (χ4n) is 3.53. The number of morpholine rings is 1. The lowest BCUT2D eigenvalue weighted by Gasteiger charge is -2.41. The van der Waals surface area contributed by atoms with Gasteiger partial charge >= 0.3 is 12.1 Å². The van der Waals surface area contributed by atoms with E-state index in [1.807, 2.05) is 0 Å². The molecule has 3 aliphatic heterocycles. The van der Waals surface area contributed by atoms with Crippen LogP contribution in [0.5, 0.6) is 0 Å². The van der Waals surface area contributed by atoms with E-state index in [-0.39, 0.29) is 0 Å². The summed E-state index contributed by atoms with van der Waals surface area (Å²) in [6.45, 7) is 4.43. The molecule has 3 atom stereocenters. The summed E-state index contributed by atoms with van der Waals surface area (Å²) in [6, 6.07) is 1.12. The highest BCUT2D eigenvalue weighted by atomic mass is 19.4. The molecule has 3 aliphatic rings. The number of halogens is 3. The average Bonchev–Trinajstić information content (AvgIpc) is 2.79. The number of carboxylic acids is 1. The van der Waals surface area contributed by atoms with Crippen LogP contribution in [0.15, 0.2) is 0 Å². The summed E-state index contributed by atoms with van der Waals surface area (Å²) in [4.78, 5) is 11.3. The van der Waals surface area contributed by atoms with Crippen LogP contribution in [0.4, 0.5) is 13.2 Å². The summed E-state index contributed by atoms with van der Waals surface area (Å²) in [5.74, 6) is -2.76. The predicted molar refractivity (Wildman–Crippen MR) is 75.1 cm³/mol. The van der Waals surface area contributed by atoms with Crippen molar-refractivity contribution in [2.45, 2.75) is 49.5 Å². The van der Waals surface area contributed by atoms with E-state index in [0.29, 0.717) is 12.1 Å². The lowest BCUT2D eigenvalue weighted by Crippen LogP contribution is -2.55. The molecule has 23 heavy (non-hydrogen) atoms. The van der Waals surface area contributed by atoms with Gasteiger partial charge in [0.1, 0.15) is 0 Å². The van der Waals surface area contributed by atoms with Crippen LogP contribution < -0.4 is 5.32 Å². The molecule has 0 amide bonds. The van der Waals surface area contributed by atoms with Gasteiger partial charge in [-0.05, 0) is 25.7 Å². The van der Waals surface area contributed by atoms with Crippen LogP contribution in [-0.4, -0.2) is 77.8 Å². The molecule has 0 radical (unpaired) electrons. The number of alkyl halides is 3. The Bertz CT molecular complexity index is 401. The van der Waals surface area contributed by atoms with Gasteiger partial charge in [-0.2, -0.15) is 13.2 Å². The van der Waals surface area contributed by atoms with Crippen LogP contribution in [0.2, 0.25) is 0 Å². The Balaban J connectivity index is 0.000000236. The minimum Gasteiger partial charge on any atom is -0.475 e. The van der Waals surface area contributed by atoms with E-state index >= 15 is 0 Å². The molecule has 0 saturated carbocycles. The number of aliphatic carboxylic acids is 1. The molecule has 0 aromatic rings. The van der Waals surface area contributed by atoms with Gasteiger partial charge < -0.3 is 20.3 Å². The third-order valence-electron chi connectivity index (χ3n) is 4.45. The molecule has 134 valence electrons. The van der Waals surface area contributed by atoms with Crippen molar-refractivity contribution in [2.24, 2.45) is 0 Å². The number of carbonyl (C=O) groups is 1. The summed E-state index contributed by atoms with van der Waals surface area (Å²) in [5.41, 5.74) is -0.450. The normalized spacial score (nSPS) is 34.6. The Morgan fingerprint density at radius 3 is 2.13 bits per heavy atom. The Hall–Kier alpha value is -0.900. The first kappa shape index (κ1) is 18.4. The summed E-state index contributed by atoms with van der Waals surface area (Å²) in [5, 5.41) is 21.4. The number of piperidine rings is 1. The van der Waals surface area contributed by atoms with Crippen LogP contribution in [0.1, 0.15) is 25.7 Å². The minimum absolute atomic E-state index is 0.450. The number of aliphatic hydroxyl groups is 1. The Kier molecular flexibility index (Phi) is 5.88. The zero-order chi connectivity index (χ0) is 17.1. The van der Waals surface area contributed by atoms with Crippen LogP contribution in [0.25, 0.3) is 0 Å².